The maximum Gasteiger partial charge on any atom is 0.238 e. The van der Waals surface area contributed by atoms with Crippen LogP contribution in [0.4, 0.5) is 10.1 Å². The zero-order valence-corrected chi connectivity index (χ0v) is 9.64. The van der Waals surface area contributed by atoms with Crippen molar-refractivity contribution >= 4 is 15.7 Å². The van der Waals surface area contributed by atoms with Gasteiger partial charge in [-0.3, -0.25) is 0 Å². The number of primary sulfonamides is 1. The van der Waals surface area contributed by atoms with Crippen LogP contribution in [-0.2, 0) is 10.0 Å². The highest BCUT2D eigenvalue weighted by Gasteiger charge is 2.37. The maximum atomic E-state index is 13.6. The molecule has 0 heterocycles. The molecule has 0 atom stereocenters. The molecular weight excluding hydrogens is 231 g/mol. The Morgan fingerprint density at radius 1 is 1.44 bits per heavy atom. The van der Waals surface area contributed by atoms with Crippen molar-refractivity contribution in [2.45, 2.75) is 30.2 Å². The van der Waals surface area contributed by atoms with Crippen LogP contribution in [-0.4, -0.2) is 14.0 Å². The van der Waals surface area contributed by atoms with E-state index in [9.17, 15) is 12.8 Å². The van der Waals surface area contributed by atoms with Crippen molar-refractivity contribution in [2.75, 3.05) is 5.32 Å². The first-order chi connectivity index (χ1) is 7.30. The first-order valence-electron chi connectivity index (χ1n) is 4.91. The van der Waals surface area contributed by atoms with Crippen LogP contribution in [0.3, 0.4) is 0 Å². The number of halogens is 1. The number of anilines is 1. The van der Waals surface area contributed by atoms with Gasteiger partial charge in [-0.25, -0.2) is 17.9 Å². The molecule has 0 spiro atoms. The Labute approximate surface area is 93.7 Å². The molecule has 88 valence electrons. The van der Waals surface area contributed by atoms with E-state index in [2.05, 4.69) is 5.32 Å². The third-order valence-corrected chi connectivity index (χ3v) is 3.62. The van der Waals surface area contributed by atoms with Crippen LogP contribution in [0.5, 0.6) is 0 Å². The van der Waals surface area contributed by atoms with E-state index in [0.717, 1.165) is 18.9 Å². The van der Waals surface area contributed by atoms with Crippen LogP contribution >= 0.6 is 0 Å². The van der Waals surface area contributed by atoms with Crippen LogP contribution in [0.1, 0.15) is 19.8 Å². The third-order valence-electron chi connectivity index (χ3n) is 2.71. The van der Waals surface area contributed by atoms with E-state index in [4.69, 9.17) is 5.14 Å². The summed E-state index contributed by atoms with van der Waals surface area (Å²) < 4.78 is 35.5. The molecule has 6 heteroatoms. The van der Waals surface area contributed by atoms with Crippen molar-refractivity contribution in [1.82, 2.24) is 0 Å². The van der Waals surface area contributed by atoms with Crippen molar-refractivity contribution in [1.29, 1.82) is 0 Å². The molecule has 0 bridgehead atoms. The molecule has 1 aliphatic rings. The van der Waals surface area contributed by atoms with Gasteiger partial charge in [-0.05, 0) is 38.0 Å². The second-order valence-electron chi connectivity index (χ2n) is 4.37. The molecule has 16 heavy (non-hydrogen) atoms. The molecule has 0 radical (unpaired) electrons. The van der Waals surface area contributed by atoms with Gasteiger partial charge < -0.3 is 5.32 Å². The summed E-state index contributed by atoms with van der Waals surface area (Å²) in [6.07, 6.45) is 1.98. The summed E-state index contributed by atoms with van der Waals surface area (Å²) in [4.78, 5) is -0.212. The molecule has 1 saturated carbocycles. The zero-order valence-electron chi connectivity index (χ0n) is 8.83. The van der Waals surface area contributed by atoms with Crippen molar-refractivity contribution in [3.8, 4) is 0 Å². The molecule has 4 nitrogen and oxygen atoms in total. The van der Waals surface area contributed by atoms with Crippen LogP contribution in [0.15, 0.2) is 23.1 Å². The summed E-state index contributed by atoms with van der Waals surface area (Å²) in [5.41, 5.74) is 0.261. The SMILES string of the molecule is CC1(Nc2ccc(S(N)(=O)=O)cc2F)CC1. The van der Waals surface area contributed by atoms with Crippen LogP contribution in [0.25, 0.3) is 0 Å². The van der Waals surface area contributed by atoms with Crippen molar-refractivity contribution in [3.63, 3.8) is 0 Å². The summed E-state index contributed by atoms with van der Waals surface area (Å²) in [5.74, 6) is -0.598. The van der Waals surface area contributed by atoms with Gasteiger partial charge in [-0.2, -0.15) is 0 Å². The minimum absolute atomic E-state index is 0.0516. The topological polar surface area (TPSA) is 72.2 Å². The molecule has 0 aromatic heterocycles. The Morgan fingerprint density at radius 2 is 2.06 bits per heavy atom. The standard InChI is InChI=1S/C10H13FN2O2S/c1-10(4-5-10)13-9-3-2-7(6-8(9)11)16(12,14)15/h2-3,6,13H,4-5H2,1H3,(H2,12,14,15). The number of nitrogens with one attached hydrogen (secondary N) is 1. The highest BCUT2D eigenvalue weighted by Crippen LogP contribution is 2.38. The van der Waals surface area contributed by atoms with E-state index >= 15 is 0 Å². The maximum absolute atomic E-state index is 13.6. The summed E-state index contributed by atoms with van der Waals surface area (Å²) in [6, 6.07) is 3.63. The van der Waals surface area contributed by atoms with Gasteiger partial charge in [0.1, 0.15) is 5.82 Å². The van der Waals surface area contributed by atoms with Crippen molar-refractivity contribution in [2.24, 2.45) is 5.14 Å². The van der Waals surface area contributed by atoms with Crippen LogP contribution in [0.2, 0.25) is 0 Å². The quantitative estimate of drug-likeness (QED) is 0.845. The zero-order chi connectivity index (χ0) is 12.0. The largest absolute Gasteiger partial charge is 0.378 e. The van der Waals surface area contributed by atoms with Crippen molar-refractivity contribution in [3.05, 3.63) is 24.0 Å². The third kappa shape index (κ3) is 2.33. The second-order valence-corrected chi connectivity index (χ2v) is 5.93. The second kappa shape index (κ2) is 3.43. The van der Waals surface area contributed by atoms with Crippen molar-refractivity contribution < 1.29 is 12.8 Å². The lowest BCUT2D eigenvalue weighted by molar-refractivity contribution is 0.592. The number of nitrogens with two attached hydrogens (primary N) is 1. The number of hydrogen-bond acceptors (Lipinski definition) is 3. The molecule has 3 N–H and O–H groups in total. The van der Waals surface area contributed by atoms with E-state index in [-0.39, 0.29) is 10.4 Å². The first kappa shape index (κ1) is 11.3. The van der Waals surface area contributed by atoms with E-state index in [1.165, 1.54) is 12.1 Å². The predicted molar refractivity (Wildman–Crippen MR) is 59.0 cm³/mol. The lowest BCUT2D eigenvalue weighted by atomic mass is 10.2. The average Bonchev–Trinajstić information content (AvgIpc) is 2.86. The molecule has 2 rings (SSSR count). The lowest BCUT2D eigenvalue weighted by Gasteiger charge is -2.14. The van der Waals surface area contributed by atoms with Gasteiger partial charge >= 0.3 is 0 Å². The van der Waals surface area contributed by atoms with E-state index < -0.39 is 15.8 Å². The summed E-state index contributed by atoms with van der Waals surface area (Å²) >= 11 is 0. The highest BCUT2D eigenvalue weighted by atomic mass is 32.2. The first-order valence-corrected chi connectivity index (χ1v) is 6.45. The number of hydrogen-bond donors (Lipinski definition) is 2. The lowest BCUT2D eigenvalue weighted by Crippen LogP contribution is -2.18. The number of rotatable bonds is 3. The molecule has 1 aromatic rings. The molecule has 0 amide bonds. The molecular formula is C10H13FN2O2S. The molecule has 0 unspecified atom stereocenters. The normalized spacial score (nSPS) is 18.2. The molecule has 1 aliphatic carbocycles. The number of sulfonamides is 1. The molecule has 1 fully saturated rings. The Balaban J connectivity index is 2.30. The fraction of sp³-hybridized carbons (Fsp3) is 0.400. The Bertz CT molecular complexity index is 524. The smallest absolute Gasteiger partial charge is 0.238 e. The fourth-order valence-electron chi connectivity index (χ4n) is 1.41. The van der Waals surface area contributed by atoms with E-state index in [0.29, 0.717) is 5.69 Å². The van der Waals surface area contributed by atoms with Gasteiger partial charge in [0.15, 0.2) is 0 Å². The monoisotopic (exact) mass is 244 g/mol. The Morgan fingerprint density at radius 3 is 2.50 bits per heavy atom. The summed E-state index contributed by atoms with van der Waals surface area (Å²) in [6.45, 7) is 1.99. The minimum atomic E-state index is -3.84. The van der Waals surface area contributed by atoms with Gasteiger partial charge in [0.05, 0.1) is 10.6 Å². The van der Waals surface area contributed by atoms with Gasteiger partial charge in [0.2, 0.25) is 10.0 Å². The number of benzene rings is 1. The average molecular weight is 244 g/mol. The van der Waals surface area contributed by atoms with Gasteiger partial charge in [-0.15, -0.1) is 0 Å². The summed E-state index contributed by atoms with van der Waals surface area (Å²) in [7, 11) is -3.84. The fourth-order valence-corrected chi connectivity index (χ4v) is 1.94. The molecule has 1 aromatic carbocycles. The predicted octanol–water partition coefficient (Wildman–Crippen LogP) is 1.44. The van der Waals surface area contributed by atoms with Gasteiger partial charge in [-0.1, -0.05) is 0 Å². The van der Waals surface area contributed by atoms with Crippen LogP contribution in [0, 0.1) is 5.82 Å². The molecule has 0 saturated heterocycles. The van der Waals surface area contributed by atoms with E-state index in [1.807, 2.05) is 6.92 Å². The Kier molecular flexibility index (Phi) is 2.43. The van der Waals surface area contributed by atoms with Gasteiger partial charge in [0, 0.05) is 5.54 Å². The molecule has 0 aliphatic heterocycles. The van der Waals surface area contributed by atoms with Crippen LogP contribution < -0.4 is 10.5 Å². The Hall–Kier alpha value is -1.14. The minimum Gasteiger partial charge on any atom is -0.378 e. The highest BCUT2D eigenvalue weighted by molar-refractivity contribution is 7.89. The van der Waals surface area contributed by atoms with Gasteiger partial charge in [0.25, 0.3) is 0 Å². The summed E-state index contributed by atoms with van der Waals surface area (Å²) in [5, 5.41) is 7.93. The van der Waals surface area contributed by atoms with E-state index in [1.54, 1.807) is 0 Å².